The summed E-state index contributed by atoms with van der Waals surface area (Å²) >= 11 is 0. The van der Waals surface area contributed by atoms with E-state index in [0.29, 0.717) is 30.9 Å². The van der Waals surface area contributed by atoms with Crippen LogP contribution in [0.25, 0.3) is 0 Å². The molecule has 0 N–H and O–H groups in total. The van der Waals surface area contributed by atoms with Gasteiger partial charge < -0.3 is 14.2 Å². The average molecular weight is 316 g/mol. The predicted molar refractivity (Wildman–Crippen MR) is 88.2 cm³/mol. The fourth-order valence-corrected chi connectivity index (χ4v) is 3.07. The highest BCUT2D eigenvalue weighted by molar-refractivity contribution is 5.46. The van der Waals surface area contributed by atoms with Crippen LogP contribution in [0.5, 0.6) is 0 Å². The van der Waals surface area contributed by atoms with Crippen LogP contribution in [-0.2, 0) is 17.9 Å². The normalized spacial score (nSPS) is 18.6. The Morgan fingerprint density at radius 3 is 2.96 bits per heavy atom. The van der Waals surface area contributed by atoms with Crippen molar-refractivity contribution in [1.82, 2.24) is 15.0 Å². The second kappa shape index (κ2) is 7.57. The number of para-hydroxylation sites is 1. The van der Waals surface area contributed by atoms with Gasteiger partial charge in [0.2, 0.25) is 5.89 Å². The number of piperidine rings is 1. The van der Waals surface area contributed by atoms with Gasteiger partial charge in [0.05, 0.1) is 6.54 Å². The van der Waals surface area contributed by atoms with Crippen molar-refractivity contribution in [3.05, 3.63) is 42.0 Å². The van der Waals surface area contributed by atoms with E-state index in [1.165, 1.54) is 18.5 Å². The van der Waals surface area contributed by atoms with Gasteiger partial charge in [-0.15, -0.1) is 0 Å². The van der Waals surface area contributed by atoms with E-state index in [9.17, 15) is 0 Å². The number of benzene rings is 1. The molecular formula is C17H24N4O2. The Morgan fingerprint density at radius 2 is 2.17 bits per heavy atom. The van der Waals surface area contributed by atoms with E-state index in [0.717, 1.165) is 13.1 Å². The SMILES string of the molecule is COCc1noc(CN(C)C2CCCN(c3ccccc3)C2)n1. The number of hydrogen-bond acceptors (Lipinski definition) is 6. The number of aromatic nitrogens is 2. The summed E-state index contributed by atoms with van der Waals surface area (Å²) in [6, 6.07) is 11.1. The third kappa shape index (κ3) is 4.09. The van der Waals surface area contributed by atoms with Crippen LogP contribution < -0.4 is 4.90 Å². The van der Waals surface area contributed by atoms with Gasteiger partial charge in [0, 0.05) is 31.9 Å². The van der Waals surface area contributed by atoms with Crippen LogP contribution in [0.15, 0.2) is 34.9 Å². The average Bonchev–Trinajstić information content (AvgIpc) is 3.03. The molecule has 1 aliphatic rings. The topological polar surface area (TPSA) is 54.6 Å². The van der Waals surface area contributed by atoms with Crippen LogP contribution in [0, 0.1) is 0 Å². The Hall–Kier alpha value is -1.92. The van der Waals surface area contributed by atoms with Gasteiger partial charge in [-0.25, -0.2) is 0 Å². The Bertz CT molecular complexity index is 602. The van der Waals surface area contributed by atoms with Crippen LogP contribution in [0.3, 0.4) is 0 Å². The summed E-state index contributed by atoms with van der Waals surface area (Å²) in [5, 5.41) is 3.92. The maximum absolute atomic E-state index is 5.29. The second-order valence-corrected chi connectivity index (χ2v) is 6.03. The second-order valence-electron chi connectivity index (χ2n) is 6.03. The predicted octanol–water partition coefficient (Wildman–Crippen LogP) is 2.32. The third-order valence-corrected chi connectivity index (χ3v) is 4.31. The lowest BCUT2D eigenvalue weighted by Gasteiger charge is -2.38. The highest BCUT2D eigenvalue weighted by Gasteiger charge is 2.24. The molecule has 1 fully saturated rings. The fraction of sp³-hybridized carbons (Fsp3) is 0.529. The molecule has 2 aromatic rings. The number of hydrogen-bond donors (Lipinski definition) is 0. The van der Waals surface area contributed by atoms with Gasteiger partial charge in [-0.2, -0.15) is 4.98 Å². The lowest BCUT2D eigenvalue weighted by Crippen LogP contribution is -2.46. The summed E-state index contributed by atoms with van der Waals surface area (Å²) in [6.07, 6.45) is 2.39. The molecule has 0 spiro atoms. The standard InChI is InChI=1S/C17H24N4O2/c1-20(12-17-18-16(13-22-2)19-23-17)15-9-6-10-21(11-15)14-7-4-3-5-8-14/h3-5,7-8,15H,6,9-13H2,1-2H3. The van der Waals surface area contributed by atoms with Crippen LogP contribution in [-0.4, -0.2) is 48.3 Å². The molecule has 0 saturated carbocycles. The minimum absolute atomic E-state index is 0.387. The molecule has 0 amide bonds. The van der Waals surface area contributed by atoms with Crippen molar-refractivity contribution in [3.63, 3.8) is 0 Å². The van der Waals surface area contributed by atoms with E-state index in [4.69, 9.17) is 9.26 Å². The van der Waals surface area contributed by atoms with Gasteiger partial charge in [-0.1, -0.05) is 23.4 Å². The summed E-state index contributed by atoms with van der Waals surface area (Å²) in [6.45, 7) is 3.20. The smallest absolute Gasteiger partial charge is 0.240 e. The molecule has 23 heavy (non-hydrogen) atoms. The number of ether oxygens (including phenoxy) is 1. The minimum atomic E-state index is 0.387. The molecule has 2 heterocycles. The summed E-state index contributed by atoms with van der Waals surface area (Å²) < 4.78 is 10.3. The van der Waals surface area contributed by atoms with Gasteiger partial charge in [0.25, 0.3) is 0 Å². The van der Waals surface area contributed by atoms with Crippen molar-refractivity contribution in [3.8, 4) is 0 Å². The van der Waals surface area contributed by atoms with Crippen molar-refractivity contribution in [2.24, 2.45) is 0 Å². The molecular weight excluding hydrogens is 292 g/mol. The molecule has 124 valence electrons. The first-order valence-electron chi connectivity index (χ1n) is 8.07. The van der Waals surface area contributed by atoms with Crippen molar-refractivity contribution in [2.45, 2.75) is 32.0 Å². The molecule has 1 aromatic heterocycles. The maximum atomic E-state index is 5.29. The van der Waals surface area contributed by atoms with Crippen molar-refractivity contribution in [2.75, 3.05) is 32.1 Å². The lowest BCUT2D eigenvalue weighted by molar-refractivity contribution is 0.173. The monoisotopic (exact) mass is 316 g/mol. The summed E-state index contributed by atoms with van der Waals surface area (Å²) in [5.41, 5.74) is 1.30. The zero-order valence-electron chi connectivity index (χ0n) is 13.8. The number of anilines is 1. The van der Waals surface area contributed by atoms with E-state index in [1.807, 2.05) is 0 Å². The van der Waals surface area contributed by atoms with Crippen molar-refractivity contribution >= 4 is 5.69 Å². The largest absolute Gasteiger partial charge is 0.377 e. The molecule has 6 heteroatoms. The van der Waals surface area contributed by atoms with Crippen LogP contribution in [0.2, 0.25) is 0 Å². The molecule has 0 aliphatic carbocycles. The molecule has 6 nitrogen and oxygen atoms in total. The fourth-order valence-electron chi connectivity index (χ4n) is 3.07. The number of nitrogens with zero attached hydrogens (tertiary/aromatic N) is 4. The highest BCUT2D eigenvalue weighted by Crippen LogP contribution is 2.22. The Balaban J connectivity index is 1.59. The number of likely N-dealkylation sites (N-methyl/N-ethyl adjacent to an activating group) is 1. The number of methoxy groups -OCH3 is 1. The van der Waals surface area contributed by atoms with E-state index in [2.05, 4.69) is 57.3 Å². The van der Waals surface area contributed by atoms with E-state index in [-0.39, 0.29) is 0 Å². The summed E-state index contributed by atoms with van der Waals surface area (Å²) in [5.74, 6) is 1.25. The molecule has 3 rings (SSSR count). The van der Waals surface area contributed by atoms with Crippen molar-refractivity contribution in [1.29, 1.82) is 0 Å². The van der Waals surface area contributed by atoms with Crippen LogP contribution in [0.1, 0.15) is 24.6 Å². The number of rotatable bonds is 6. The first-order valence-corrected chi connectivity index (χ1v) is 8.07. The Labute approximate surface area is 137 Å². The van der Waals surface area contributed by atoms with Gasteiger partial charge >= 0.3 is 0 Å². The molecule has 1 aromatic carbocycles. The Morgan fingerprint density at radius 1 is 1.35 bits per heavy atom. The first kappa shape index (κ1) is 16.0. The van der Waals surface area contributed by atoms with E-state index in [1.54, 1.807) is 7.11 Å². The van der Waals surface area contributed by atoms with E-state index < -0.39 is 0 Å². The summed E-state index contributed by atoms with van der Waals surface area (Å²) in [7, 11) is 3.75. The first-order chi connectivity index (χ1) is 11.3. The van der Waals surface area contributed by atoms with Crippen molar-refractivity contribution < 1.29 is 9.26 Å². The molecule has 1 saturated heterocycles. The Kier molecular flexibility index (Phi) is 5.25. The molecule has 1 aliphatic heterocycles. The van der Waals surface area contributed by atoms with Gasteiger partial charge in [-0.05, 0) is 32.0 Å². The van der Waals surface area contributed by atoms with Gasteiger partial charge in [-0.3, -0.25) is 4.90 Å². The zero-order chi connectivity index (χ0) is 16.1. The minimum Gasteiger partial charge on any atom is -0.377 e. The molecule has 1 atom stereocenters. The third-order valence-electron chi connectivity index (χ3n) is 4.31. The molecule has 1 unspecified atom stereocenters. The quantitative estimate of drug-likeness (QED) is 0.815. The van der Waals surface area contributed by atoms with Crippen LogP contribution >= 0.6 is 0 Å². The molecule has 0 bridgehead atoms. The van der Waals surface area contributed by atoms with Gasteiger partial charge in [0.15, 0.2) is 5.82 Å². The summed E-state index contributed by atoms with van der Waals surface area (Å²) in [4.78, 5) is 9.11. The zero-order valence-corrected chi connectivity index (χ0v) is 13.8. The maximum Gasteiger partial charge on any atom is 0.240 e. The van der Waals surface area contributed by atoms with Crippen LogP contribution in [0.4, 0.5) is 5.69 Å². The highest BCUT2D eigenvalue weighted by atomic mass is 16.5. The van der Waals surface area contributed by atoms with E-state index >= 15 is 0 Å². The molecule has 0 radical (unpaired) electrons. The lowest BCUT2D eigenvalue weighted by atomic mass is 10.0. The van der Waals surface area contributed by atoms with Gasteiger partial charge in [0.1, 0.15) is 6.61 Å².